The highest BCUT2D eigenvalue weighted by Gasteiger charge is 2.14. The summed E-state index contributed by atoms with van der Waals surface area (Å²) in [6, 6.07) is 0. The molecule has 0 aliphatic carbocycles. The van der Waals surface area contributed by atoms with E-state index in [1.54, 1.807) is 0 Å². The predicted molar refractivity (Wildman–Crippen MR) is 35.2 cm³/mol. The molecule has 60 valence electrons. The van der Waals surface area contributed by atoms with Crippen LogP contribution >= 0.6 is 0 Å². The zero-order chi connectivity index (χ0) is 8.59. The lowest BCUT2D eigenvalue weighted by atomic mass is 10.7. The molecule has 1 aromatic heterocycles. The minimum atomic E-state index is -0.782. The molecule has 0 radical (unpaired) electrons. The van der Waals surface area contributed by atoms with E-state index < -0.39 is 17.4 Å². The average Bonchev–Trinajstić information content (AvgIpc) is 2.17. The molecule has 0 atom stereocenters. The number of aromatic hydroxyl groups is 2. The Kier molecular flexibility index (Phi) is 1.45. The quantitative estimate of drug-likeness (QED) is 0.494. The van der Waals surface area contributed by atoms with Gasteiger partial charge in [0.05, 0.1) is 0 Å². The van der Waals surface area contributed by atoms with Crippen molar-refractivity contribution in [3.05, 3.63) is 10.5 Å². The number of nitrogens with zero attached hydrogens (tertiary/aromatic N) is 2. The highest BCUT2D eigenvalue weighted by molar-refractivity contribution is 5.56. The van der Waals surface area contributed by atoms with Gasteiger partial charge in [0.2, 0.25) is 6.41 Å². The van der Waals surface area contributed by atoms with Crippen molar-refractivity contribution in [3.63, 3.8) is 0 Å². The van der Waals surface area contributed by atoms with Crippen LogP contribution in [0.1, 0.15) is 0 Å². The van der Waals surface area contributed by atoms with Gasteiger partial charge in [-0.05, 0) is 0 Å². The first kappa shape index (κ1) is 7.39. The molecule has 6 nitrogen and oxygen atoms in total. The van der Waals surface area contributed by atoms with Crippen LogP contribution in [0.15, 0.2) is 4.79 Å². The Morgan fingerprint density at radius 2 is 1.91 bits per heavy atom. The first-order valence-corrected chi connectivity index (χ1v) is 2.74. The molecule has 0 unspecified atom stereocenters. The zero-order valence-electron chi connectivity index (χ0n) is 5.68. The van der Waals surface area contributed by atoms with E-state index in [-0.39, 0.29) is 6.41 Å². The first-order valence-electron chi connectivity index (χ1n) is 2.74. The normalized spacial score (nSPS) is 9.91. The van der Waals surface area contributed by atoms with Crippen LogP contribution in [-0.4, -0.2) is 25.8 Å². The van der Waals surface area contributed by atoms with Gasteiger partial charge in [-0.1, -0.05) is 0 Å². The van der Waals surface area contributed by atoms with E-state index in [0.717, 1.165) is 4.57 Å². The summed E-state index contributed by atoms with van der Waals surface area (Å²) in [5, 5.41) is 17.7. The number of hydrogen-bond acceptors (Lipinski definition) is 4. The van der Waals surface area contributed by atoms with E-state index in [1.807, 2.05) is 0 Å². The summed E-state index contributed by atoms with van der Waals surface area (Å²) in [5.41, 5.74) is -0.782. The largest absolute Gasteiger partial charge is 0.491 e. The Morgan fingerprint density at radius 1 is 1.36 bits per heavy atom. The molecule has 0 aliphatic heterocycles. The third-order valence-electron chi connectivity index (χ3n) is 1.34. The maximum absolute atomic E-state index is 10.8. The fourth-order valence-corrected chi connectivity index (χ4v) is 0.696. The number of carbonyl (C=O) groups excluding carboxylic acids is 1. The highest BCUT2D eigenvalue weighted by Crippen LogP contribution is 2.19. The number of imidazole rings is 1. The third kappa shape index (κ3) is 0.794. The molecular weight excluding hydrogens is 152 g/mol. The number of rotatable bonds is 1. The van der Waals surface area contributed by atoms with Gasteiger partial charge in [-0.3, -0.25) is 9.36 Å². The summed E-state index contributed by atoms with van der Waals surface area (Å²) in [6.07, 6.45) is 0.122. The van der Waals surface area contributed by atoms with Gasteiger partial charge in [0.1, 0.15) is 0 Å². The Hall–Kier alpha value is -1.72. The lowest BCUT2D eigenvalue weighted by Gasteiger charge is -1.88. The van der Waals surface area contributed by atoms with Gasteiger partial charge in [0.15, 0.2) is 0 Å². The molecule has 0 amide bonds. The molecule has 0 aliphatic rings. The minimum Gasteiger partial charge on any atom is -0.491 e. The van der Waals surface area contributed by atoms with Crippen LogP contribution < -0.4 is 5.69 Å². The molecule has 6 heteroatoms. The summed E-state index contributed by atoms with van der Waals surface area (Å²) in [4.78, 5) is 20.9. The number of carbonyl (C=O) groups is 1. The summed E-state index contributed by atoms with van der Waals surface area (Å²) in [7, 11) is 1.23. The number of aromatic nitrogens is 2. The molecule has 1 aromatic rings. The lowest BCUT2D eigenvalue weighted by molar-refractivity contribution is 0.369. The second kappa shape index (κ2) is 2.15. The molecule has 0 bridgehead atoms. The smallest absolute Gasteiger partial charge is 0.340 e. The molecule has 0 aromatic carbocycles. The standard InChI is InChI=1S/C5H6N2O4/c1-6-3(9)4(10)7(2-8)5(6)11/h2,9-10H,1H3. The third-order valence-corrected chi connectivity index (χ3v) is 1.34. The van der Waals surface area contributed by atoms with Crippen LogP contribution in [0.3, 0.4) is 0 Å². The molecule has 0 spiro atoms. The van der Waals surface area contributed by atoms with Crippen molar-refractivity contribution >= 4 is 6.41 Å². The van der Waals surface area contributed by atoms with E-state index in [4.69, 9.17) is 10.2 Å². The van der Waals surface area contributed by atoms with Gasteiger partial charge >= 0.3 is 5.69 Å². The molecule has 0 fully saturated rings. The minimum absolute atomic E-state index is 0.122. The van der Waals surface area contributed by atoms with Crippen LogP contribution in [0.2, 0.25) is 0 Å². The van der Waals surface area contributed by atoms with Gasteiger partial charge in [0, 0.05) is 7.05 Å². The van der Waals surface area contributed by atoms with Crippen LogP contribution in [-0.2, 0) is 11.8 Å². The Balaban J connectivity index is 3.61. The SMILES string of the molecule is Cn1c(O)c(O)n(C=O)c1=O. The fraction of sp³-hybridized carbons (Fsp3) is 0.200. The van der Waals surface area contributed by atoms with Crippen LogP contribution in [0.4, 0.5) is 0 Å². The van der Waals surface area contributed by atoms with Crippen molar-refractivity contribution in [2.24, 2.45) is 7.05 Å². The summed E-state index contributed by atoms with van der Waals surface area (Å²) in [5.74, 6) is -1.37. The lowest BCUT2D eigenvalue weighted by Crippen LogP contribution is -2.21. The Morgan fingerprint density at radius 3 is 2.09 bits per heavy atom. The summed E-state index contributed by atoms with van der Waals surface area (Å²) in [6.45, 7) is 0. The highest BCUT2D eigenvalue weighted by atomic mass is 16.3. The van der Waals surface area contributed by atoms with Gasteiger partial charge in [-0.15, -0.1) is 0 Å². The molecule has 1 heterocycles. The van der Waals surface area contributed by atoms with Crippen LogP contribution in [0.25, 0.3) is 0 Å². The average molecular weight is 158 g/mol. The van der Waals surface area contributed by atoms with Gasteiger partial charge in [-0.2, -0.15) is 4.57 Å². The summed E-state index contributed by atoms with van der Waals surface area (Å²) >= 11 is 0. The van der Waals surface area contributed by atoms with Crippen molar-refractivity contribution in [3.8, 4) is 11.8 Å². The van der Waals surface area contributed by atoms with Gasteiger partial charge < -0.3 is 10.2 Å². The Bertz CT molecular complexity index is 348. The van der Waals surface area contributed by atoms with E-state index in [0.29, 0.717) is 4.57 Å². The second-order valence-electron chi connectivity index (χ2n) is 1.96. The first-order chi connectivity index (χ1) is 5.09. The van der Waals surface area contributed by atoms with E-state index in [1.165, 1.54) is 7.05 Å². The van der Waals surface area contributed by atoms with E-state index >= 15 is 0 Å². The molecule has 2 N–H and O–H groups in total. The molecular formula is C5H6N2O4. The van der Waals surface area contributed by atoms with Crippen molar-refractivity contribution in [2.75, 3.05) is 0 Å². The van der Waals surface area contributed by atoms with Crippen molar-refractivity contribution < 1.29 is 15.0 Å². The van der Waals surface area contributed by atoms with Gasteiger partial charge in [-0.25, -0.2) is 4.79 Å². The molecule has 0 saturated heterocycles. The molecule has 11 heavy (non-hydrogen) atoms. The van der Waals surface area contributed by atoms with Crippen LogP contribution in [0.5, 0.6) is 11.8 Å². The zero-order valence-corrected chi connectivity index (χ0v) is 5.68. The van der Waals surface area contributed by atoms with E-state index in [2.05, 4.69) is 0 Å². The maximum Gasteiger partial charge on any atom is 0.340 e. The van der Waals surface area contributed by atoms with Crippen molar-refractivity contribution in [1.29, 1.82) is 0 Å². The maximum atomic E-state index is 10.8. The van der Waals surface area contributed by atoms with Gasteiger partial charge in [0.25, 0.3) is 11.8 Å². The monoisotopic (exact) mass is 158 g/mol. The van der Waals surface area contributed by atoms with E-state index in [9.17, 15) is 9.59 Å². The fourth-order valence-electron chi connectivity index (χ4n) is 0.696. The van der Waals surface area contributed by atoms with Crippen LogP contribution in [0, 0.1) is 0 Å². The number of hydrogen-bond donors (Lipinski definition) is 2. The Labute approximate surface area is 60.9 Å². The predicted octanol–water partition coefficient (Wildman–Crippen LogP) is -1.36. The molecule has 0 saturated carbocycles. The second-order valence-corrected chi connectivity index (χ2v) is 1.96. The van der Waals surface area contributed by atoms with Crippen molar-refractivity contribution in [1.82, 2.24) is 9.13 Å². The van der Waals surface area contributed by atoms with Crippen molar-refractivity contribution in [2.45, 2.75) is 0 Å². The molecule has 1 rings (SSSR count). The summed E-state index contributed by atoms with van der Waals surface area (Å²) < 4.78 is 1.15. The topological polar surface area (TPSA) is 84.5 Å².